The van der Waals surface area contributed by atoms with E-state index in [0.717, 1.165) is 28.8 Å². The molecule has 1 saturated heterocycles. The Balaban J connectivity index is 1.21. The van der Waals surface area contributed by atoms with E-state index >= 15 is 0 Å². The van der Waals surface area contributed by atoms with Gasteiger partial charge in [-0.1, -0.05) is 35.9 Å². The van der Waals surface area contributed by atoms with Gasteiger partial charge in [0.1, 0.15) is 5.82 Å². The molecule has 10 heteroatoms. The van der Waals surface area contributed by atoms with Crippen molar-refractivity contribution in [3.05, 3.63) is 64.9 Å². The summed E-state index contributed by atoms with van der Waals surface area (Å²) in [6.07, 6.45) is -2.27. The first-order valence-corrected chi connectivity index (χ1v) is 12.4. The lowest BCUT2D eigenvalue weighted by Crippen LogP contribution is -2.51. The molecule has 0 saturated carbocycles. The number of aryl methyl sites for hydroxylation is 1. The Bertz CT molecular complexity index is 1220. The molecule has 3 atom stereocenters. The van der Waals surface area contributed by atoms with Crippen LogP contribution in [0.1, 0.15) is 30.3 Å². The van der Waals surface area contributed by atoms with Gasteiger partial charge in [0.2, 0.25) is 0 Å². The fraction of sp³-hybridized carbons (Fsp3) is 0.423. The van der Waals surface area contributed by atoms with Crippen LogP contribution in [0.5, 0.6) is 0 Å². The molecule has 2 aromatic carbocycles. The number of aliphatic hydroxyl groups excluding tert-OH is 2. The van der Waals surface area contributed by atoms with Crippen molar-refractivity contribution in [1.82, 2.24) is 19.8 Å². The van der Waals surface area contributed by atoms with Crippen molar-refractivity contribution in [2.75, 3.05) is 26.3 Å². The number of likely N-dealkylation sites (tertiary alicyclic amines) is 1. The number of rotatable bonds is 10. The first-order valence-electron chi connectivity index (χ1n) is 12.1. The molecule has 1 aliphatic heterocycles. The summed E-state index contributed by atoms with van der Waals surface area (Å²) < 4.78 is 7.67. The van der Waals surface area contributed by atoms with Gasteiger partial charge in [-0.05, 0) is 49.6 Å². The normalized spacial score (nSPS) is 17.3. The third-order valence-corrected chi connectivity index (χ3v) is 6.68. The predicted molar refractivity (Wildman–Crippen MR) is 135 cm³/mol. The van der Waals surface area contributed by atoms with Gasteiger partial charge in [0.25, 0.3) is 11.8 Å². The number of benzene rings is 2. The smallest absolute Gasteiger partial charge is 0.255 e. The van der Waals surface area contributed by atoms with Gasteiger partial charge < -0.3 is 29.7 Å². The van der Waals surface area contributed by atoms with Crippen LogP contribution in [0, 0.1) is 6.92 Å². The van der Waals surface area contributed by atoms with Crippen LogP contribution in [0.15, 0.2) is 48.5 Å². The number of imidazole rings is 1. The van der Waals surface area contributed by atoms with E-state index in [-0.39, 0.29) is 19.2 Å². The minimum atomic E-state index is -1.88. The lowest BCUT2D eigenvalue weighted by atomic mass is 10.0. The van der Waals surface area contributed by atoms with Gasteiger partial charge in [-0.15, -0.1) is 0 Å². The highest BCUT2D eigenvalue weighted by Gasteiger charge is 2.38. The van der Waals surface area contributed by atoms with Crippen LogP contribution in [0.25, 0.3) is 11.0 Å². The van der Waals surface area contributed by atoms with E-state index < -0.39 is 24.0 Å². The molecular formula is C26H31ClN4O5. The fourth-order valence-electron chi connectivity index (χ4n) is 4.63. The molecule has 1 aromatic heterocycles. The molecule has 0 unspecified atom stereocenters. The Labute approximate surface area is 214 Å². The SMILES string of the molecule is Cc1nc2ccccc2n1CCOCCNC(=O)[C@H](O)[C@@H](O)C(=O)N1CCC[C@@H]1c1cccc(Cl)c1. The zero-order valence-electron chi connectivity index (χ0n) is 20.1. The highest BCUT2D eigenvalue weighted by Crippen LogP contribution is 2.33. The molecule has 2 amide bonds. The number of carbonyl (C=O) groups is 2. The standard InChI is InChI=1S/C26H31ClN4O5/c1-17-29-20-8-2-3-9-22(20)30(17)13-15-36-14-11-28-25(34)23(32)24(33)26(35)31-12-5-10-21(31)18-6-4-7-19(27)16-18/h2-4,6-9,16,21,23-24,32-33H,5,10-15H2,1H3,(H,28,34)/t21-,23-,24-/m1/s1. The third kappa shape index (κ3) is 5.87. The number of aliphatic hydroxyl groups is 2. The molecule has 1 aliphatic rings. The molecule has 0 bridgehead atoms. The van der Waals surface area contributed by atoms with Crippen molar-refractivity contribution in [3.63, 3.8) is 0 Å². The molecule has 3 N–H and O–H groups in total. The van der Waals surface area contributed by atoms with E-state index in [4.69, 9.17) is 16.3 Å². The quantitative estimate of drug-likeness (QED) is 0.357. The summed E-state index contributed by atoms with van der Waals surface area (Å²) in [7, 11) is 0. The molecular weight excluding hydrogens is 484 g/mol. The maximum Gasteiger partial charge on any atom is 0.255 e. The number of fused-ring (bicyclic) bond motifs is 1. The lowest BCUT2D eigenvalue weighted by Gasteiger charge is -2.28. The molecule has 2 heterocycles. The zero-order chi connectivity index (χ0) is 25.7. The summed E-state index contributed by atoms with van der Waals surface area (Å²) in [5.41, 5.74) is 2.82. The maximum atomic E-state index is 12.9. The first-order chi connectivity index (χ1) is 17.4. The van der Waals surface area contributed by atoms with Gasteiger partial charge in [-0.25, -0.2) is 4.98 Å². The number of nitrogens with one attached hydrogen (secondary N) is 1. The van der Waals surface area contributed by atoms with Gasteiger partial charge >= 0.3 is 0 Å². The van der Waals surface area contributed by atoms with Crippen LogP contribution in [0.2, 0.25) is 5.02 Å². The van der Waals surface area contributed by atoms with E-state index in [1.165, 1.54) is 4.90 Å². The van der Waals surface area contributed by atoms with Crippen LogP contribution in [0.4, 0.5) is 0 Å². The van der Waals surface area contributed by atoms with Gasteiger partial charge in [-0.2, -0.15) is 0 Å². The number of halogens is 1. The molecule has 0 aliphatic carbocycles. The number of amides is 2. The number of hydrogen-bond donors (Lipinski definition) is 3. The Kier molecular flexibility index (Phi) is 8.58. The molecule has 1 fully saturated rings. The Hall–Kier alpha value is -2.98. The van der Waals surface area contributed by atoms with Crippen molar-refractivity contribution in [2.24, 2.45) is 0 Å². The number of carbonyl (C=O) groups excluding carboxylic acids is 2. The largest absolute Gasteiger partial charge is 0.380 e. The molecule has 0 spiro atoms. The summed E-state index contributed by atoms with van der Waals surface area (Å²) in [5, 5.41) is 23.8. The second kappa shape index (κ2) is 11.8. The average molecular weight is 515 g/mol. The van der Waals surface area contributed by atoms with Crippen LogP contribution < -0.4 is 5.32 Å². The Morgan fingerprint density at radius 1 is 1.17 bits per heavy atom. The van der Waals surface area contributed by atoms with Crippen molar-refractivity contribution < 1.29 is 24.5 Å². The number of ether oxygens (including phenoxy) is 1. The lowest BCUT2D eigenvalue weighted by molar-refractivity contribution is -0.153. The summed E-state index contributed by atoms with van der Waals surface area (Å²) in [4.78, 5) is 31.2. The second-order valence-corrected chi connectivity index (χ2v) is 9.27. The maximum absolute atomic E-state index is 12.9. The number of para-hydroxylation sites is 2. The third-order valence-electron chi connectivity index (χ3n) is 6.44. The molecule has 3 aromatic rings. The molecule has 0 radical (unpaired) electrons. The van der Waals surface area contributed by atoms with Crippen molar-refractivity contribution >= 4 is 34.4 Å². The van der Waals surface area contributed by atoms with E-state index in [9.17, 15) is 19.8 Å². The minimum Gasteiger partial charge on any atom is -0.380 e. The van der Waals surface area contributed by atoms with Crippen LogP contribution in [-0.4, -0.2) is 75.0 Å². The van der Waals surface area contributed by atoms with Crippen molar-refractivity contribution in [3.8, 4) is 0 Å². The summed E-state index contributed by atoms with van der Waals surface area (Å²) in [6.45, 7) is 3.75. The van der Waals surface area contributed by atoms with E-state index in [1.807, 2.05) is 37.3 Å². The summed E-state index contributed by atoms with van der Waals surface area (Å²) >= 11 is 6.08. The van der Waals surface area contributed by atoms with E-state index in [2.05, 4.69) is 14.9 Å². The van der Waals surface area contributed by atoms with Crippen molar-refractivity contribution in [2.45, 2.75) is 44.6 Å². The molecule has 9 nitrogen and oxygen atoms in total. The molecule has 36 heavy (non-hydrogen) atoms. The van der Waals surface area contributed by atoms with Crippen LogP contribution in [0.3, 0.4) is 0 Å². The van der Waals surface area contributed by atoms with E-state index in [1.54, 1.807) is 18.2 Å². The Morgan fingerprint density at radius 2 is 1.97 bits per heavy atom. The predicted octanol–water partition coefficient (Wildman–Crippen LogP) is 2.22. The first kappa shape index (κ1) is 26.1. The van der Waals surface area contributed by atoms with Gasteiger partial charge in [0, 0.05) is 24.7 Å². The van der Waals surface area contributed by atoms with Gasteiger partial charge in [0.15, 0.2) is 12.2 Å². The highest BCUT2D eigenvalue weighted by molar-refractivity contribution is 6.30. The summed E-state index contributed by atoms with van der Waals surface area (Å²) in [6, 6.07) is 14.8. The second-order valence-electron chi connectivity index (χ2n) is 8.84. The van der Waals surface area contributed by atoms with Crippen molar-refractivity contribution in [1.29, 1.82) is 0 Å². The average Bonchev–Trinajstić information content (AvgIpc) is 3.49. The molecule has 4 rings (SSSR count). The summed E-state index contributed by atoms with van der Waals surface area (Å²) in [5.74, 6) is -0.612. The fourth-order valence-corrected chi connectivity index (χ4v) is 4.83. The highest BCUT2D eigenvalue weighted by atomic mass is 35.5. The minimum absolute atomic E-state index is 0.134. The van der Waals surface area contributed by atoms with E-state index in [0.29, 0.717) is 31.1 Å². The molecule has 192 valence electrons. The van der Waals surface area contributed by atoms with Gasteiger partial charge in [-0.3, -0.25) is 9.59 Å². The topological polar surface area (TPSA) is 117 Å². The van der Waals surface area contributed by atoms with Gasteiger partial charge in [0.05, 0.1) is 30.3 Å². The van der Waals surface area contributed by atoms with Crippen LogP contribution in [-0.2, 0) is 20.9 Å². The number of nitrogens with zero attached hydrogens (tertiary/aromatic N) is 3. The zero-order valence-corrected chi connectivity index (χ0v) is 20.9. The number of hydrogen-bond acceptors (Lipinski definition) is 6. The number of aromatic nitrogens is 2. The Morgan fingerprint density at radius 3 is 2.78 bits per heavy atom. The van der Waals surface area contributed by atoms with Crippen LogP contribution >= 0.6 is 11.6 Å². The monoisotopic (exact) mass is 514 g/mol.